The number of benzene rings is 4. The van der Waals surface area contributed by atoms with E-state index in [4.69, 9.17) is 10.3 Å². The molecule has 1 aromatic heterocycles. The van der Waals surface area contributed by atoms with Gasteiger partial charge in [0.2, 0.25) is 11.9 Å². The first kappa shape index (κ1) is 42.6. The van der Waals surface area contributed by atoms with Crippen LogP contribution >= 0.6 is 0 Å². The quantitative estimate of drug-likeness (QED) is 0.0451. The maximum Gasteiger partial charge on any atom is 0.397 e. The second-order valence-corrected chi connectivity index (χ2v) is 18.5. The zero-order valence-corrected chi connectivity index (χ0v) is 31.7. The molecular weight excluding hydrogens is 872 g/mol. The molecular formula is C27H23FN8O16S5. The monoisotopic (exact) mass is 894 g/mol. The zero-order chi connectivity index (χ0) is 42.3. The zero-order valence-electron chi connectivity index (χ0n) is 27.6. The van der Waals surface area contributed by atoms with Gasteiger partial charge in [0.25, 0.3) is 30.4 Å². The van der Waals surface area contributed by atoms with Crippen molar-refractivity contribution in [2.75, 3.05) is 28.7 Å². The number of sulfone groups is 1. The van der Waals surface area contributed by atoms with E-state index in [2.05, 4.69) is 40.0 Å². The minimum absolute atomic E-state index is 0.116. The van der Waals surface area contributed by atoms with Crippen LogP contribution < -0.4 is 16.4 Å². The van der Waals surface area contributed by atoms with Gasteiger partial charge in [0.1, 0.15) is 26.9 Å². The Bertz CT molecular complexity index is 3040. The van der Waals surface area contributed by atoms with Crippen LogP contribution in [0.4, 0.5) is 44.7 Å². The molecule has 0 aliphatic rings. The fourth-order valence-corrected chi connectivity index (χ4v) is 8.10. The number of fused-ring (bicyclic) bond motifs is 1. The first-order chi connectivity index (χ1) is 26.2. The Labute approximate surface area is 320 Å². The molecule has 9 N–H and O–H groups in total. The number of phenolic OH excluding ortho intramolecular Hbond substituents is 1. The molecule has 4 aromatic carbocycles. The normalized spacial score (nSPS) is 12.9. The van der Waals surface area contributed by atoms with Crippen molar-refractivity contribution in [3.63, 3.8) is 0 Å². The summed E-state index contributed by atoms with van der Waals surface area (Å²) in [5.41, 5.74) is 3.65. The van der Waals surface area contributed by atoms with E-state index >= 15 is 0 Å². The Morgan fingerprint density at radius 2 is 1.26 bits per heavy atom. The maximum absolute atomic E-state index is 14.4. The number of hydrogen-bond donors (Lipinski definition) is 8. The van der Waals surface area contributed by atoms with Gasteiger partial charge in [-0.3, -0.25) is 18.2 Å². The number of anilines is 5. The molecule has 0 aliphatic carbocycles. The number of hydrogen-bond acceptors (Lipinski definition) is 20. The highest BCUT2D eigenvalue weighted by molar-refractivity contribution is 7.91. The lowest BCUT2D eigenvalue weighted by Gasteiger charge is -2.12. The van der Waals surface area contributed by atoms with Gasteiger partial charge in [-0.15, -0.1) is 10.2 Å². The third-order valence-electron chi connectivity index (χ3n) is 7.16. The van der Waals surface area contributed by atoms with Gasteiger partial charge >= 0.3 is 16.5 Å². The summed E-state index contributed by atoms with van der Waals surface area (Å²) in [4.78, 5) is 7.60. The standard InChI is InChI=1S/C27H23FN8O16S5/c28-25-32-26(30-14-1-4-16(5-2-14)53(38,39)8-7-52-57(49,50)51)34-27(33-25)31-15-3-6-18(20(11-15)55(43,44)45)35-36-24-21(56(46,47)48)10-13-9-17(54(40,41)42)12-19(37)22(13)23(24)29/h1-6,9-12,37H,7-8,29H2,(H,40,41,42)(H,43,44,45)(H,46,47,48)(H,49,50,51)(H2,30,31,32,33,34). The number of nitrogens with one attached hydrogen (secondary N) is 2. The molecule has 5 aromatic rings. The predicted octanol–water partition coefficient (Wildman–Crippen LogP) is 2.69. The molecule has 304 valence electrons. The molecule has 24 nitrogen and oxygen atoms in total. The molecule has 30 heteroatoms. The van der Waals surface area contributed by atoms with E-state index in [1.54, 1.807) is 0 Å². The van der Waals surface area contributed by atoms with Crippen LogP contribution in [0.25, 0.3) is 10.8 Å². The molecule has 0 amide bonds. The first-order valence-electron chi connectivity index (χ1n) is 14.7. The van der Waals surface area contributed by atoms with E-state index < -0.39 is 129 Å². The molecule has 0 fully saturated rings. The Hall–Kier alpha value is -5.57. The van der Waals surface area contributed by atoms with Crippen molar-refractivity contribution in [1.82, 2.24) is 15.0 Å². The molecule has 0 atom stereocenters. The van der Waals surface area contributed by atoms with Crippen molar-refractivity contribution in [3.8, 4) is 5.75 Å². The Morgan fingerprint density at radius 1 is 0.684 bits per heavy atom. The fourth-order valence-electron chi connectivity index (χ4n) is 4.76. The number of nitrogens with zero attached hydrogens (tertiary/aromatic N) is 5. The average molecular weight is 895 g/mol. The highest BCUT2D eigenvalue weighted by Crippen LogP contribution is 2.43. The van der Waals surface area contributed by atoms with Crippen molar-refractivity contribution in [2.24, 2.45) is 10.2 Å². The first-order valence-corrected chi connectivity index (χ1v) is 22.0. The smallest absolute Gasteiger partial charge is 0.397 e. The molecule has 0 radical (unpaired) electrons. The molecule has 0 bridgehead atoms. The van der Waals surface area contributed by atoms with Gasteiger partial charge in [-0.25, -0.2) is 12.6 Å². The largest absolute Gasteiger partial charge is 0.507 e. The molecule has 0 saturated carbocycles. The van der Waals surface area contributed by atoms with Crippen LogP contribution in [0.1, 0.15) is 0 Å². The number of nitrogens with two attached hydrogens (primary N) is 1. The summed E-state index contributed by atoms with van der Waals surface area (Å²) in [5.74, 6) is -2.69. The summed E-state index contributed by atoms with van der Waals surface area (Å²) in [7, 11) is -24.3. The van der Waals surface area contributed by atoms with Crippen molar-refractivity contribution in [3.05, 3.63) is 66.7 Å². The van der Waals surface area contributed by atoms with Gasteiger partial charge < -0.3 is 21.5 Å². The molecule has 0 spiro atoms. The summed E-state index contributed by atoms with van der Waals surface area (Å²) in [6, 6.07) is 9.30. The maximum atomic E-state index is 14.4. The minimum Gasteiger partial charge on any atom is -0.507 e. The van der Waals surface area contributed by atoms with E-state index in [0.29, 0.717) is 12.1 Å². The summed E-state index contributed by atoms with van der Waals surface area (Å²) in [5, 5.41) is 21.9. The minimum atomic E-state index is -5.25. The highest BCUT2D eigenvalue weighted by atomic mass is 32.3. The van der Waals surface area contributed by atoms with Crippen molar-refractivity contribution in [1.29, 1.82) is 0 Å². The van der Waals surface area contributed by atoms with Crippen LogP contribution in [-0.4, -0.2) is 92.7 Å². The molecule has 0 unspecified atom stereocenters. The molecule has 0 aliphatic heterocycles. The summed E-state index contributed by atoms with van der Waals surface area (Å²) >= 11 is 0. The lowest BCUT2D eigenvalue weighted by atomic mass is 10.1. The van der Waals surface area contributed by atoms with Gasteiger partial charge in [0.05, 0.1) is 27.8 Å². The van der Waals surface area contributed by atoms with E-state index in [-0.39, 0.29) is 16.3 Å². The summed E-state index contributed by atoms with van der Waals surface area (Å²) in [6.45, 7) is -0.865. The number of phenols is 1. The van der Waals surface area contributed by atoms with Crippen LogP contribution in [0.2, 0.25) is 0 Å². The number of rotatable bonds is 14. The van der Waals surface area contributed by atoms with Crippen molar-refractivity contribution in [2.45, 2.75) is 19.6 Å². The Balaban J connectivity index is 1.43. The van der Waals surface area contributed by atoms with Crippen LogP contribution in [-0.2, 0) is 54.8 Å². The fraction of sp³-hybridized carbons (Fsp3) is 0.0741. The van der Waals surface area contributed by atoms with Gasteiger partial charge in [0.15, 0.2) is 9.84 Å². The molecule has 0 saturated heterocycles. The van der Waals surface area contributed by atoms with Gasteiger partial charge in [-0.2, -0.15) is 53.0 Å². The molecule has 57 heavy (non-hydrogen) atoms. The van der Waals surface area contributed by atoms with Crippen LogP contribution in [0.15, 0.2) is 90.5 Å². The van der Waals surface area contributed by atoms with E-state index in [9.17, 15) is 65.2 Å². The second-order valence-electron chi connectivity index (χ2n) is 11.1. The van der Waals surface area contributed by atoms with Gasteiger partial charge in [-0.1, -0.05) is 0 Å². The highest BCUT2D eigenvalue weighted by Gasteiger charge is 2.25. The lowest BCUT2D eigenvalue weighted by Crippen LogP contribution is -2.15. The van der Waals surface area contributed by atoms with Crippen molar-refractivity contribution >= 4 is 102 Å². The third-order valence-corrected chi connectivity index (χ3v) is 11.9. The topological polar surface area (TPSA) is 395 Å². The van der Waals surface area contributed by atoms with E-state index in [1.165, 1.54) is 12.1 Å². The van der Waals surface area contributed by atoms with Gasteiger partial charge in [-0.05, 0) is 60.0 Å². The van der Waals surface area contributed by atoms with Crippen LogP contribution in [0.3, 0.4) is 0 Å². The van der Waals surface area contributed by atoms with E-state index in [0.717, 1.165) is 36.4 Å². The van der Waals surface area contributed by atoms with Crippen LogP contribution in [0, 0.1) is 6.08 Å². The predicted molar refractivity (Wildman–Crippen MR) is 192 cm³/mol. The number of aromatic nitrogens is 3. The third kappa shape index (κ3) is 10.4. The number of aromatic hydroxyl groups is 1. The Kier molecular flexibility index (Phi) is 11.5. The average Bonchev–Trinajstić information content (AvgIpc) is 3.06. The van der Waals surface area contributed by atoms with E-state index in [1.807, 2.05) is 0 Å². The number of azo groups is 1. The number of nitrogen functional groups attached to an aromatic ring is 1. The molecule has 1 heterocycles. The van der Waals surface area contributed by atoms with Crippen LogP contribution in [0.5, 0.6) is 5.75 Å². The summed E-state index contributed by atoms with van der Waals surface area (Å²) in [6.07, 6.45) is -1.36. The van der Waals surface area contributed by atoms with Gasteiger partial charge in [0, 0.05) is 22.8 Å². The summed E-state index contributed by atoms with van der Waals surface area (Å²) < 4.78 is 175. The number of halogens is 1. The molecule has 5 rings (SSSR count). The van der Waals surface area contributed by atoms with Crippen molar-refractivity contribution < 1.29 is 74.0 Å². The SMILES string of the molecule is Nc1c(N=Nc2ccc(Nc3nc(F)nc(Nc4ccc(S(=O)(=O)CCOS(=O)(=O)O)cc4)n3)cc2S(=O)(=O)O)c(S(=O)(=O)O)cc2cc(S(=O)(=O)O)cc(O)c12. The second kappa shape index (κ2) is 15.4. The Morgan fingerprint density at radius 3 is 1.82 bits per heavy atom. The lowest BCUT2D eigenvalue weighted by molar-refractivity contribution is 0.284.